The molecule has 7 nitrogen and oxygen atoms in total. The molecule has 0 spiro atoms. The predicted octanol–water partition coefficient (Wildman–Crippen LogP) is 2.43. The summed E-state index contributed by atoms with van der Waals surface area (Å²) in [5, 5.41) is 2.67. The van der Waals surface area contributed by atoms with Crippen LogP contribution in [0.25, 0.3) is 0 Å². The lowest BCUT2D eigenvalue weighted by Gasteiger charge is -2.19. The van der Waals surface area contributed by atoms with Crippen molar-refractivity contribution in [2.24, 2.45) is 0 Å². The van der Waals surface area contributed by atoms with Crippen molar-refractivity contribution in [3.8, 4) is 5.75 Å². The molecule has 0 radical (unpaired) electrons. The molecule has 2 rings (SSSR count). The smallest absolute Gasteiger partial charge is 0.307 e. The average Bonchev–Trinajstić information content (AvgIpc) is 2.88. The molecule has 0 saturated heterocycles. The SMILES string of the molecule is CCOC(=O)CCNC(=S)NS(=O)(=O)c1c(C)c(C)c2c(c1C)CC(C)(C)O2. The monoisotopic (exact) mass is 428 g/mol. The van der Waals surface area contributed by atoms with Gasteiger partial charge in [-0.2, -0.15) is 0 Å². The van der Waals surface area contributed by atoms with Gasteiger partial charge in [0.25, 0.3) is 10.0 Å². The number of rotatable bonds is 6. The zero-order valence-corrected chi connectivity index (χ0v) is 18.8. The van der Waals surface area contributed by atoms with Gasteiger partial charge in [0, 0.05) is 18.5 Å². The van der Waals surface area contributed by atoms with Gasteiger partial charge in [0.15, 0.2) is 5.11 Å². The Kier molecular flexibility index (Phi) is 6.60. The number of esters is 1. The molecule has 0 aromatic heterocycles. The maximum absolute atomic E-state index is 13.0. The van der Waals surface area contributed by atoms with Gasteiger partial charge in [-0.05, 0) is 70.5 Å². The largest absolute Gasteiger partial charge is 0.487 e. The molecule has 1 aromatic carbocycles. The first-order chi connectivity index (χ1) is 12.9. The molecule has 0 amide bonds. The molecule has 0 fully saturated rings. The lowest BCUT2D eigenvalue weighted by molar-refractivity contribution is -0.142. The van der Waals surface area contributed by atoms with Crippen LogP contribution in [0, 0.1) is 20.8 Å². The highest BCUT2D eigenvalue weighted by Crippen LogP contribution is 2.43. The number of thiocarbonyl (C=S) groups is 1. The van der Waals surface area contributed by atoms with Crippen molar-refractivity contribution in [1.29, 1.82) is 0 Å². The fourth-order valence-electron chi connectivity index (χ4n) is 3.37. The van der Waals surface area contributed by atoms with E-state index < -0.39 is 10.0 Å². The second-order valence-electron chi connectivity index (χ2n) is 7.47. The highest BCUT2D eigenvalue weighted by atomic mass is 32.2. The van der Waals surface area contributed by atoms with E-state index in [1.165, 1.54) is 0 Å². The molecule has 9 heteroatoms. The Morgan fingerprint density at radius 3 is 2.46 bits per heavy atom. The van der Waals surface area contributed by atoms with Gasteiger partial charge in [-0.15, -0.1) is 0 Å². The number of ether oxygens (including phenoxy) is 2. The van der Waals surface area contributed by atoms with Crippen LogP contribution in [0.15, 0.2) is 4.90 Å². The van der Waals surface area contributed by atoms with Gasteiger partial charge in [-0.25, -0.2) is 8.42 Å². The van der Waals surface area contributed by atoms with E-state index in [1.54, 1.807) is 20.8 Å². The van der Waals surface area contributed by atoms with E-state index in [0.717, 1.165) is 16.9 Å². The van der Waals surface area contributed by atoms with Crippen molar-refractivity contribution in [3.63, 3.8) is 0 Å². The van der Waals surface area contributed by atoms with Crippen LogP contribution >= 0.6 is 12.2 Å². The standard InChI is InChI=1S/C19H28N2O5S2/c1-7-25-15(22)8-9-20-18(27)21-28(23,24)17-12(3)11(2)16-14(13(17)4)10-19(5,6)26-16/h7-10H2,1-6H3,(H2,20,21,27). The third kappa shape index (κ3) is 4.75. The number of sulfonamides is 1. The summed E-state index contributed by atoms with van der Waals surface area (Å²) in [6.45, 7) is 11.6. The second-order valence-corrected chi connectivity index (χ2v) is 9.49. The first kappa shape index (κ1) is 22.4. The lowest BCUT2D eigenvalue weighted by Crippen LogP contribution is -2.40. The van der Waals surface area contributed by atoms with E-state index in [4.69, 9.17) is 21.7 Å². The minimum atomic E-state index is -3.89. The Morgan fingerprint density at radius 2 is 1.86 bits per heavy atom. The molecule has 2 N–H and O–H groups in total. The lowest BCUT2D eigenvalue weighted by atomic mass is 9.94. The van der Waals surface area contributed by atoms with Gasteiger partial charge in [0.1, 0.15) is 11.4 Å². The Balaban J connectivity index is 2.22. The Bertz CT molecular complexity index is 908. The van der Waals surface area contributed by atoms with E-state index in [-0.39, 0.29) is 34.5 Å². The zero-order valence-electron chi connectivity index (χ0n) is 17.2. The van der Waals surface area contributed by atoms with E-state index in [9.17, 15) is 13.2 Å². The third-order valence-corrected chi connectivity index (χ3v) is 6.71. The molecule has 28 heavy (non-hydrogen) atoms. The van der Waals surface area contributed by atoms with Crippen LogP contribution in [-0.4, -0.2) is 38.3 Å². The van der Waals surface area contributed by atoms with Crippen LogP contribution in [0.3, 0.4) is 0 Å². The minimum absolute atomic E-state index is 0.0576. The van der Waals surface area contributed by atoms with Crippen LogP contribution < -0.4 is 14.8 Å². The van der Waals surface area contributed by atoms with Crippen molar-refractivity contribution in [2.75, 3.05) is 13.2 Å². The molecular formula is C19H28N2O5S2. The summed E-state index contributed by atoms with van der Waals surface area (Å²) in [6.07, 6.45) is 0.734. The number of carbonyl (C=O) groups is 1. The minimum Gasteiger partial charge on any atom is -0.487 e. The Labute approximate surface area is 172 Å². The van der Waals surface area contributed by atoms with Gasteiger partial charge in [-0.3, -0.25) is 9.52 Å². The summed E-state index contributed by atoms with van der Waals surface area (Å²) < 4.78 is 39.3. The highest BCUT2D eigenvalue weighted by molar-refractivity contribution is 7.92. The highest BCUT2D eigenvalue weighted by Gasteiger charge is 2.36. The van der Waals surface area contributed by atoms with Crippen LogP contribution in [0.4, 0.5) is 0 Å². The first-order valence-corrected chi connectivity index (χ1v) is 11.1. The van der Waals surface area contributed by atoms with Gasteiger partial charge < -0.3 is 14.8 Å². The molecule has 1 aromatic rings. The van der Waals surface area contributed by atoms with Gasteiger partial charge in [0.05, 0.1) is 17.9 Å². The molecule has 1 heterocycles. The van der Waals surface area contributed by atoms with Gasteiger partial charge in [0.2, 0.25) is 0 Å². The number of hydrogen-bond acceptors (Lipinski definition) is 6. The molecule has 156 valence electrons. The first-order valence-electron chi connectivity index (χ1n) is 9.17. The predicted molar refractivity (Wildman–Crippen MR) is 111 cm³/mol. The average molecular weight is 429 g/mol. The van der Waals surface area contributed by atoms with Gasteiger partial charge >= 0.3 is 5.97 Å². The zero-order chi connectivity index (χ0) is 21.3. The van der Waals surface area contributed by atoms with Crippen molar-refractivity contribution in [1.82, 2.24) is 10.0 Å². The van der Waals surface area contributed by atoms with Crippen LogP contribution in [0.5, 0.6) is 5.75 Å². The summed E-state index contributed by atoms with van der Waals surface area (Å²) >= 11 is 5.10. The molecule has 0 unspecified atom stereocenters. The summed E-state index contributed by atoms with van der Waals surface area (Å²) in [7, 11) is -3.89. The number of hydrogen-bond donors (Lipinski definition) is 2. The number of nitrogens with one attached hydrogen (secondary N) is 2. The normalized spacial score (nSPS) is 14.8. The van der Waals surface area contributed by atoms with E-state index >= 15 is 0 Å². The number of fused-ring (bicyclic) bond motifs is 1. The quantitative estimate of drug-likeness (QED) is 0.531. The fraction of sp³-hybridized carbons (Fsp3) is 0.579. The second kappa shape index (κ2) is 8.24. The Hall–Kier alpha value is -1.87. The summed E-state index contributed by atoms with van der Waals surface area (Å²) in [6, 6.07) is 0. The Morgan fingerprint density at radius 1 is 1.21 bits per heavy atom. The number of benzene rings is 1. The van der Waals surface area contributed by atoms with Gasteiger partial charge in [-0.1, -0.05) is 0 Å². The molecule has 1 aliphatic rings. The molecule has 0 atom stereocenters. The maximum atomic E-state index is 13.0. The van der Waals surface area contributed by atoms with E-state index in [0.29, 0.717) is 24.2 Å². The fourth-order valence-corrected chi connectivity index (χ4v) is 5.30. The van der Waals surface area contributed by atoms with E-state index in [2.05, 4.69) is 10.0 Å². The van der Waals surface area contributed by atoms with E-state index in [1.807, 2.05) is 20.8 Å². The summed E-state index contributed by atoms with van der Waals surface area (Å²) in [5.41, 5.74) is 2.66. The van der Waals surface area contributed by atoms with Crippen molar-refractivity contribution < 1.29 is 22.7 Å². The maximum Gasteiger partial charge on any atom is 0.307 e. The van der Waals surface area contributed by atoms with Crippen molar-refractivity contribution in [3.05, 3.63) is 22.3 Å². The summed E-state index contributed by atoms with van der Waals surface area (Å²) in [5.74, 6) is 0.401. The van der Waals surface area contributed by atoms with Crippen LogP contribution in [0.2, 0.25) is 0 Å². The topological polar surface area (TPSA) is 93.7 Å². The molecule has 0 aliphatic carbocycles. The van der Waals surface area contributed by atoms with Crippen LogP contribution in [-0.2, 0) is 26.0 Å². The van der Waals surface area contributed by atoms with Crippen molar-refractivity contribution >= 4 is 33.3 Å². The number of carbonyl (C=O) groups excluding carboxylic acids is 1. The van der Waals surface area contributed by atoms with Crippen LogP contribution in [0.1, 0.15) is 49.4 Å². The molecule has 0 bridgehead atoms. The summed E-state index contributed by atoms with van der Waals surface area (Å²) in [4.78, 5) is 11.6. The molecular weight excluding hydrogens is 400 g/mol. The molecule has 1 aliphatic heterocycles. The van der Waals surface area contributed by atoms with Crippen molar-refractivity contribution in [2.45, 2.75) is 64.9 Å². The third-order valence-electron chi connectivity index (χ3n) is 4.71. The molecule has 0 saturated carbocycles.